The van der Waals surface area contributed by atoms with E-state index in [-0.39, 0.29) is 34.3 Å². The summed E-state index contributed by atoms with van der Waals surface area (Å²) in [4.78, 5) is 11.8. The normalized spacial score (nSPS) is 13.0. The van der Waals surface area contributed by atoms with Gasteiger partial charge in [0.1, 0.15) is 10.6 Å². The third-order valence-electron chi connectivity index (χ3n) is 2.82. The van der Waals surface area contributed by atoms with Crippen molar-refractivity contribution < 1.29 is 17.9 Å². The molecule has 0 fully saturated rings. The molecule has 0 bridgehead atoms. The summed E-state index contributed by atoms with van der Waals surface area (Å²) in [7, 11) is 1.42. The van der Waals surface area contributed by atoms with Crippen LogP contribution in [0.3, 0.4) is 0 Å². The van der Waals surface area contributed by atoms with Crippen molar-refractivity contribution in [3.8, 4) is 5.75 Å². The molecule has 1 aromatic rings. The molecular weight excluding hydrogens is 314 g/mol. The summed E-state index contributed by atoms with van der Waals surface area (Å²) < 4.78 is 28.7. The van der Waals surface area contributed by atoms with Crippen molar-refractivity contribution >= 4 is 25.6 Å². The van der Waals surface area contributed by atoms with Crippen LogP contribution in [0.15, 0.2) is 23.1 Å². The van der Waals surface area contributed by atoms with Crippen molar-refractivity contribution in [2.24, 2.45) is 0 Å². The molecule has 0 saturated heterocycles. The molecule has 0 aliphatic carbocycles. The standard InChI is InChI=1S/C14H20ClNO4S/c1-5-10(4)16-14(17)11-6-7-12(20-9(2)3)13(8-11)21(15,18)19/h6-10H,5H2,1-4H3,(H,16,17). The number of halogens is 1. The topological polar surface area (TPSA) is 72.5 Å². The lowest BCUT2D eigenvalue weighted by Crippen LogP contribution is -2.32. The summed E-state index contributed by atoms with van der Waals surface area (Å²) in [6.45, 7) is 7.36. The first-order valence-electron chi connectivity index (χ1n) is 6.71. The first-order valence-corrected chi connectivity index (χ1v) is 9.02. The highest BCUT2D eigenvalue weighted by Crippen LogP contribution is 2.29. The van der Waals surface area contributed by atoms with E-state index in [1.807, 2.05) is 13.8 Å². The number of benzene rings is 1. The number of carbonyl (C=O) groups is 1. The quantitative estimate of drug-likeness (QED) is 0.812. The van der Waals surface area contributed by atoms with Crippen LogP contribution in [0.5, 0.6) is 5.75 Å². The minimum atomic E-state index is -4.00. The van der Waals surface area contributed by atoms with Crippen molar-refractivity contribution in [1.29, 1.82) is 0 Å². The van der Waals surface area contributed by atoms with Crippen molar-refractivity contribution in [2.75, 3.05) is 0 Å². The Hall–Kier alpha value is -1.27. The monoisotopic (exact) mass is 333 g/mol. The molecule has 1 amide bonds. The highest BCUT2D eigenvalue weighted by molar-refractivity contribution is 8.13. The zero-order chi connectivity index (χ0) is 16.2. The van der Waals surface area contributed by atoms with Gasteiger partial charge in [-0.1, -0.05) is 6.92 Å². The molecular formula is C14H20ClNO4S. The van der Waals surface area contributed by atoms with Gasteiger partial charge in [-0.25, -0.2) is 8.42 Å². The average Bonchev–Trinajstić information content (AvgIpc) is 2.36. The Bertz CT molecular complexity index is 613. The first-order chi connectivity index (χ1) is 9.65. The van der Waals surface area contributed by atoms with Gasteiger partial charge in [-0.15, -0.1) is 0 Å². The van der Waals surface area contributed by atoms with Crippen LogP contribution in [0, 0.1) is 0 Å². The van der Waals surface area contributed by atoms with Crippen LogP contribution in [-0.2, 0) is 9.05 Å². The number of carbonyl (C=O) groups excluding carboxylic acids is 1. The van der Waals surface area contributed by atoms with E-state index < -0.39 is 9.05 Å². The molecule has 1 N–H and O–H groups in total. The molecule has 1 rings (SSSR count). The Morgan fingerprint density at radius 3 is 2.43 bits per heavy atom. The molecule has 1 aromatic carbocycles. The van der Waals surface area contributed by atoms with E-state index in [2.05, 4.69) is 5.32 Å². The van der Waals surface area contributed by atoms with E-state index in [0.717, 1.165) is 6.42 Å². The van der Waals surface area contributed by atoms with Crippen LogP contribution >= 0.6 is 10.7 Å². The van der Waals surface area contributed by atoms with E-state index >= 15 is 0 Å². The Morgan fingerprint density at radius 1 is 1.33 bits per heavy atom. The van der Waals surface area contributed by atoms with Crippen molar-refractivity contribution in [1.82, 2.24) is 5.32 Å². The zero-order valence-corrected chi connectivity index (χ0v) is 14.1. The maximum absolute atomic E-state index is 12.0. The molecule has 0 spiro atoms. The fraction of sp³-hybridized carbons (Fsp3) is 0.500. The molecule has 0 aromatic heterocycles. The molecule has 0 saturated carbocycles. The van der Waals surface area contributed by atoms with Crippen LogP contribution in [-0.4, -0.2) is 26.5 Å². The Morgan fingerprint density at radius 2 is 1.95 bits per heavy atom. The number of hydrogen-bond donors (Lipinski definition) is 1. The van der Waals surface area contributed by atoms with E-state index in [4.69, 9.17) is 15.4 Å². The van der Waals surface area contributed by atoms with Crippen molar-refractivity contribution in [3.05, 3.63) is 23.8 Å². The highest BCUT2D eigenvalue weighted by Gasteiger charge is 2.21. The summed E-state index contributed by atoms with van der Waals surface area (Å²) in [5.74, 6) is -0.206. The maximum atomic E-state index is 12.0. The molecule has 1 unspecified atom stereocenters. The van der Waals surface area contributed by atoms with Gasteiger partial charge in [-0.3, -0.25) is 4.79 Å². The molecule has 118 valence electrons. The predicted octanol–water partition coefficient (Wildman–Crippen LogP) is 2.93. The second kappa shape index (κ2) is 7.13. The summed E-state index contributed by atoms with van der Waals surface area (Å²) in [6, 6.07) is 4.19. The second-order valence-electron chi connectivity index (χ2n) is 5.05. The van der Waals surface area contributed by atoms with Crippen molar-refractivity contribution in [3.63, 3.8) is 0 Å². The first kappa shape index (κ1) is 17.8. The number of nitrogens with one attached hydrogen (secondary N) is 1. The number of amides is 1. The van der Waals surface area contributed by atoms with Crippen molar-refractivity contribution in [2.45, 2.75) is 51.2 Å². The fourth-order valence-corrected chi connectivity index (χ4v) is 2.59. The van der Waals surface area contributed by atoms with Gasteiger partial charge in [0, 0.05) is 22.3 Å². The molecule has 0 heterocycles. The summed E-state index contributed by atoms with van der Waals surface area (Å²) in [6.07, 6.45) is 0.572. The summed E-state index contributed by atoms with van der Waals surface area (Å²) in [5, 5.41) is 2.77. The zero-order valence-electron chi connectivity index (χ0n) is 12.5. The van der Waals surface area contributed by atoms with Gasteiger partial charge in [-0.2, -0.15) is 0 Å². The Balaban J connectivity index is 3.19. The van der Waals surface area contributed by atoms with Crippen LogP contribution in [0.4, 0.5) is 0 Å². The minimum Gasteiger partial charge on any atom is -0.490 e. The van der Waals surface area contributed by atoms with Gasteiger partial charge < -0.3 is 10.1 Å². The van der Waals surface area contributed by atoms with Crippen LogP contribution in [0.1, 0.15) is 44.5 Å². The molecule has 0 aliphatic rings. The largest absolute Gasteiger partial charge is 0.490 e. The Labute approximate surface area is 130 Å². The summed E-state index contributed by atoms with van der Waals surface area (Å²) >= 11 is 0. The maximum Gasteiger partial charge on any atom is 0.265 e. The second-order valence-corrected chi connectivity index (χ2v) is 7.58. The molecule has 0 radical (unpaired) electrons. The summed E-state index contributed by atoms with van der Waals surface area (Å²) in [5.41, 5.74) is 0.227. The predicted molar refractivity (Wildman–Crippen MR) is 82.5 cm³/mol. The average molecular weight is 334 g/mol. The molecule has 5 nitrogen and oxygen atoms in total. The van der Waals surface area contributed by atoms with Gasteiger partial charge in [0.2, 0.25) is 0 Å². The molecule has 7 heteroatoms. The van der Waals surface area contributed by atoms with Gasteiger partial charge in [-0.05, 0) is 45.4 Å². The van der Waals surface area contributed by atoms with Gasteiger partial charge in [0.15, 0.2) is 0 Å². The number of ether oxygens (including phenoxy) is 1. The van der Waals surface area contributed by atoms with Crippen LogP contribution in [0.2, 0.25) is 0 Å². The lowest BCUT2D eigenvalue weighted by atomic mass is 10.1. The third kappa shape index (κ3) is 5.21. The number of hydrogen-bond acceptors (Lipinski definition) is 4. The van der Waals surface area contributed by atoms with E-state index in [0.29, 0.717) is 0 Å². The third-order valence-corrected chi connectivity index (χ3v) is 4.16. The Kier molecular flexibility index (Phi) is 6.04. The molecule has 0 aliphatic heterocycles. The minimum absolute atomic E-state index is 0.000138. The van der Waals surface area contributed by atoms with Crippen LogP contribution in [0.25, 0.3) is 0 Å². The lowest BCUT2D eigenvalue weighted by molar-refractivity contribution is 0.0939. The molecule has 21 heavy (non-hydrogen) atoms. The van der Waals surface area contributed by atoms with Gasteiger partial charge in [0.25, 0.3) is 15.0 Å². The van der Waals surface area contributed by atoms with E-state index in [1.165, 1.54) is 18.2 Å². The van der Waals surface area contributed by atoms with Gasteiger partial charge >= 0.3 is 0 Å². The fourth-order valence-electron chi connectivity index (χ4n) is 1.60. The SMILES string of the molecule is CCC(C)NC(=O)c1ccc(OC(C)C)c(S(=O)(=O)Cl)c1. The number of rotatable bonds is 6. The van der Waals surface area contributed by atoms with E-state index in [9.17, 15) is 13.2 Å². The van der Waals surface area contributed by atoms with Crippen LogP contribution < -0.4 is 10.1 Å². The van der Waals surface area contributed by atoms with E-state index in [1.54, 1.807) is 13.8 Å². The smallest absolute Gasteiger partial charge is 0.265 e. The molecule has 1 atom stereocenters. The lowest BCUT2D eigenvalue weighted by Gasteiger charge is -2.15. The highest BCUT2D eigenvalue weighted by atomic mass is 35.7. The van der Waals surface area contributed by atoms with Gasteiger partial charge in [0.05, 0.1) is 6.10 Å².